The number of amides is 2. The molecule has 0 unspecified atom stereocenters. The largest absolute Gasteiger partial charge is 0.480 e. The highest BCUT2D eigenvalue weighted by Crippen LogP contribution is 2.41. The third-order valence-electron chi connectivity index (χ3n) is 8.87. The number of rotatable bonds is 5. The molecule has 6 rings (SSSR count). The molecular weight excluding hydrogens is 542 g/mol. The van der Waals surface area contributed by atoms with Gasteiger partial charge in [-0.05, 0) is 68.4 Å². The number of benzene rings is 3. The van der Waals surface area contributed by atoms with Crippen LogP contribution in [0.4, 0.5) is 10.5 Å². The molecule has 0 aromatic heterocycles. The van der Waals surface area contributed by atoms with Crippen LogP contribution in [-0.4, -0.2) is 63.1 Å². The van der Waals surface area contributed by atoms with Crippen molar-refractivity contribution in [2.45, 2.75) is 82.8 Å². The summed E-state index contributed by atoms with van der Waals surface area (Å²) in [5.41, 5.74) is 4.12. The number of hydrogen-bond donors (Lipinski definition) is 1. The van der Waals surface area contributed by atoms with Gasteiger partial charge in [-0.15, -0.1) is 0 Å². The molecule has 224 valence electrons. The maximum absolute atomic E-state index is 14.8. The lowest BCUT2D eigenvalue weighted by molar-refractivity contribution is -0.144. The molecule has 3 aromatic carbocycles. The molecular formula is C35H39N3O5. The van der Waals surface area contributed by atoms with E-state index in [1.165, 1.54) is 4.90 Å². The van der Waals surface area contributed by atoms with Crippen LogP contribution in [0.5, 0.6) is 0 Å². The fraction of sp³-hybridized carbons (Fsp3) is 0.400. The standard InChI is InChI=1S/C35H39N3O5/c1-35(2,3)43-34(42)38-28-16-10-9-14-25(28)20-30(38)32(39)37-27(17-18-29(37)23-11-5-4-6-12-23)22-36-21-26-15-8-7-13-24(26)19-31(36)33(40)41/h4-16,27,29-31H,17-22H2,1-3H3,(H,40,41)/t27-,29+,30-,31-/m1/s1. The third kappa shape index (κ3) is 5.76. The lowest BCUT2D eigenvalue weighted by atomic mass is 9.93. The van der Waals surface area contributed by atoms with E-state index in [0.717, 1.165) is 35.1 Å². The highest BCUT2D eigenvalue weighted by Gasteiger charge is 2.48. The molecule has 8 heteroatoms. The quantitative estimate of drug-likeness (QED) is 0.422. The molecule has 3 aliphatic heterocycles. The van der Waals surface area contributed by atoms with Gasteiger partial charge in [0.05, 0.1) is 11.7 Å². The summed E-state index contributed by atoms with van der Waals surface area (Å²) in [6.45, 7) is 6.41. The maximum atomic E-state index is 14.8. The van der Waals surface area contributed by atoms with Crippen LogP contribution in [0.2, 0.25) is 0 Å². The van der Waals surface area contributed by atoms with Gasteiger partial charge in [-0.1, -0.05) is 72.8 Å². The van der Waals surface area contributed by atoms with Crippen LogP contribution in [0.25, 0.3) is 0 Å². The summed E-state index contributed by atoms with van der Waals surface area (Å²) in [6.07, 6.45) is 1.78. The summed E-state index contributed by atoms with van der Waals surface area (Å²) in [6, 6.07) is 23.8. The van der Waals surface area contributed by atoms with Crippen molar-refractivity contribution in [3.63, 3.8) is 0 Å². The van der Waals surface area contributed by atoms with Crippen LogP contribution in [-0.2, 0) is 33.7 Å². The van der Waals surface area contributed by atoms with Gasteiger partial charge in [-0.2, -0.15) is 0 Å². The van der Waals surface area contributed by atoms with E-state index in [9.17, 15) is 19.5 Å². The second kappa shape index (κ2) is 11.5. The second-order valence-corrected chi connectivity index (χ2v) is 12.9. The molecule has 0 spiro atoms. The first-order chi connectivity index (χ1) is 20.6. The Bertz CT molecular complexity index is 1520. The topological polar surface area (TPSA) is 90.4 Å². The monoisotopic (exact) mass is 581 g/mol. The second-order valence-electron chi connectivity index (χ2n) is 12.9. The Morgan fingerprint density at radius 2 is 1.44 bits per heavy atom. The predicted octanol–water partition coefficient (Wildman–Crippen LogP) is 5.60. The molecule has 3 heterocycles. The van der Waals surface area contributed by atoms with Crippen molar-refractivity contribution in [3.8, 4) is 0 Å². The number of carboxylic acids is 1. The Balaban J connectivity index is 1.34. The van der Waals surface area contributed by atoms with E-state index >= 15 is 0 Å². The molecule has 0 saturated carbocycles. The minimum Gasteiger partial charge on any atom is -0.480 e. The first-order valence-corrected chi connectivity index (χ1v) is 15.1. The SMILES string of the molecule is CC(C)(C)OC(=O)N1c2ccccc2C[C@@H]1C(=O)N1[C@@H](CN2Cc3ccccc3C[C@@H]2C(=O)O)CC[C@H]1c1ccccc1. The normalized spacial score (nSPS) is 23.5. The summed E-state index contributed by atoms with van der Waals surface area (Å²) in [7, 11) is 0. The van der Waals surface area contributed by atoms with Crippen molar-refractivity contribution in [1.82, 2.24) is 9.80 Å². The summed E-state index contributed by atoms with van der Waals surface area (Å²) in [5.74, 6) is -0.991. The third-order valence-corrected chi connectivity index (χ3v) is 8.87. The van der Waals surface area contributed by atoms with Gasteiger partial charge in [0.25, 0.3) is 0 Å². The number of aliphatic carboxylic acids is 1. The fourth-order valence-corrected chi connectivity index (χ4v) is 6.97. The number of anilines is 1. The van der Waals surface area contributed by atoms with E-state index in [1.807, 2.05) is 103 Å². The molecule has 1 fully saturated rings. The van der Waals surface area contributed by atoms with E-state index < -0.39 is 29.7 Å². The Hall–Kier alpha value is -4.17. The number of nitrogens with zero attached hydrogens (tertiary/aromatic N) is 3. The summed E-state index contributed by atoms with van der Waals surface area (Å²) < 4.78 is 5.80. The summed E-state index contributed by atoms with van der Waals surface area (Å²) in [5, 5.41) is 10.2. The number of carbonyl (C=O) groups is 3. The first kappa shape index (κ1) is 28.9. The zero-order valence-corrected chi connectivity index (χ0v) is 25.0. The highest BCUT2D eigenvalue weighted by atomic mass is 16.6. The van der Waals surface area contributed by atoms with Gasteiger partial charge >= 0.3 is 12.1 Å². The summed E-state index contributed by atoms with van der Waals surface area (Å²) in [4.78, 5) is 46.3. The molecule has 43 heavy (non-hydrogen) atoms. The van der Waals surface area contributed by atoms with Crippen molar-refractivity contribution < 1.29 is 24.2 Å². The van der Waals surface area contributed by atoms with E-state index in [1.54, 1.807) is 0 Å². The minimum absolute atomic E-state index is 0.136. The van der Waals surface area contributed by atoms with Crippen LogP contribution in [0.1, 0.15) is 61.9 Å². The molecule has 2 amide bonds. The van der Waals surface area contributed by atoms with Crippen molar-refractivity contribution in [3.05, 3.63) is 101 Å². The zero-order chi connectivity index (χ0) is 30.3. The molecule has 3 aliphatic rings. The maximum Gasteiger partial charge on any atom is 0.415 e. The molecule has 4 atom stereocenters. The van der Waals surface area contributed by atoms with E-state index in [4.69, 9.17) is 4.74 Å². The number of ether oxygens (including phenoxy) is 1. The number of para-hydroxylation sites is 1. The molecule has 8 nitrogen and oxygen atoms in total. The summed E-state index contributed by atoms with van der Waals surface area (Å²) >= 11 is 0. The van der Waals surface area contributed by atoms with Gasteiger partial charge in [-0.3, -0.25) is 19.4 Å². The lowest BCUT2D eigenvalue weighted by Crippen LogP contribution is -2.56. The number of carboxylic acid groups (broad SMARTS) is 1. The molecule has 0 bridgehead atoms. The van der Waals surface area contributed by atoms with Gasteiger partial charge in [0.15, 0.2) is 0 Å². The first-order valence-electron chi connectivity index (χ1n) is 15.1. The Labute approximate surface area is 252 Å². The van der Waals surface area contributed by atoms with E-state index in [2.05, 4.69) is 6.07 Å². The number of likely N-dealkylation sites (tertiary alicyclic amines) is 1. The molecule has 0 radical (unpaired) electrons. The van der Waals surface area contributed by atoms with Gasteiger partial charge in [0.1, 0.15) is 17.7 Å². The molecule has 0 aliphatic carbocycles. The van der Waals surface area contributed by atoms with E-state index in [-0.39, 0.29) is 18.0 Å². The van der Waals surface area contributed by atoms with Crippen LogP contribution in [0.15, 0.2) is 78.9 Å². The van der Waals surface area contributed by atoms with E-state index in [0.29, 0.717) is 31.6 Å². The highest BCUT2D eigenvalue weighted by molar-refractivity contribution is 6.01. The van der Waals surface area contributed by atoms with Crippen LogP contribution in [0, 0.1) is 0 Å². The molecule has 1 N–H and O–H groups in total. The van der Waals surface area contributed by atoms with Crippen molar-refractivity contribution in [2.75, 3.05) is 11.4 Å². The average Bonchev–Trinajstić information content (AvgIpc) is 3.58. The van der Waals surface area contributed by atoms with Gasteiger partial charge in [-0.25, -0.2) is 4.79 Å². The number of carbonyl (C=O) groups excluding carboxylic acids is 2. The van der Waals surface area contributed by atoms with Gasteiger partial charge in [0, 0.05) is 25.6 Å². The Morgan fingerprint density at radius 1 is 0.814 bits per heavy atom. The van der Waals surface area contributed by atoms with Gasteiger partial charge < -0.3 is 14.7 Å². The van der Waals surface area contributed by atoms with Crippen LogP contribution in [0.3, 0.4) is 0 Å². The number of hydrogen-bond acceptors (Lipinski definition) is 5. The smallest absolute Gasteiger partial charge is 0.415 e. The number of fused-ring (bicyclic) bond motifs is 2. The molecule has 1 saturated heterocycles. The lowest BCUT2D eigenvalue weighted by Gasteiger charge is -2.40. The van der Waals surface area contributed by atoms with Crippen molar-refractivity contribution in [1.29, 1.82) is 0 Å². The van der Waals surface area contributed by atoms with Crippen molar-refractivity contribution in [2.24, 2.45) is 0 Å². The minimum atomic E-state index is -0.854. The Kier molecular flexibility index (Phi) is 7.73. The Morgan fingerprint density at radius 3 is 2.14 bits per heavy atom. The fourth-order valence-electron chi connectivity index (χ4n) is 6.97. The van der Waals surface area contributed by atoms with Gasteiger partial charge in [0.2, 0.25) is 5.91 Å². The average molecular weight is 582 g/mol. The van der Waals surface area contributed by atoms with Crippen LogP contribution >= 0.6 is 0 Å². The van der Waals surface area contributed by atoms with Crippen molar-refractivity contribution >= 4 is 23.7 Å². The predicted molar refractivity (Wildman–Crippen MR) is 164 cm³/mol. The zero-order valence-electron chi connectivity index (χ0n) is 25.0. The molecule has 3 aromatic rings. The van der Waals surface area contributed by atoms with Crippen LogP contribution < -0.4 is 4.90 Å².